The van der Waals surface area contributed by atoms with Crippen molar-refractivity contribution in [2.45, 2.75) is 61.9 Å². The normalized spacial score (nSPS) is 20.3. The van der Waals surface area contributed by atoms with Crippen molar-refractivity contribution in [2.75, 3.05) is 24.2 Å². The fourth-order valence-corrected chi connectivity index (χ4v) is 6.58. The second-order valence-corrected chi connectivity index (χ2v) is 12.7. The van der Waals surface area contributed by atoms with Gasteiger partial charge < -0.3 is 15.5 Å². The highest BCUT2D eigenvalue weighted by Crippen LogP contribution is 2.31. The second kappa shape index (κ2) is 10.1. The number of para-hydroxylation sites is 1. The molecule has 2 heterocycles. The van der Waals surface area contributed by atoms with Gasteiger partial charge in [-0.3, -0.25) is 14.4 Å². The van der Waals surface area contributed by atoms with E-state index in [1.807, 2.05) is 13.0 Å². The van der Waals surface area contributed by atoms with Crippen LogP contribution in [0.15, 0.2) is 41.3 Å². The van der Waals surface area contributed by atoms with Gasteiger partial charge in [0.2, 0.25) is 5.91 Å². The highest BCUT2D eigenvalue weighted by molar-refractivity contribution is 7.90. The number of ketones is 1. The van der Waals surface area contributed by atoms with Crippen LogP contribution in [-0.4, -0.2) is 56.9 Å². The molecule has 1 saturated carbocycles. The second-order valence-electron chi connectivity index (χ2n) is 9.45. The van der Waals surface area contributed by atoms with Crippen molar-refractivity contribution in [3.8, 4) is 0 Å². The van der Waals surface area contributed by atoms with Gasteiger partial charge >= 0.3 is 0 Å². The summed E-state index contributed by atoms with van der Waals surface area (Å²) in [4.78, 5) is 42.9. The van der Waals surface area contributed by atoms with E-state index in [9.17, 15) is 22.8 Å². The highest BCUT2D eigenvalue weighted by atomic mass is 32.2. The molecule has 1 unspecified atom stereocenters. The molecule has 2 aromatic rings. The third-order valence-electron chi connectivity index (χ3n) is 6.79. The standard InChI is InChI=1S/C25H31N3O5S2/c1-17-10-11-21(34-17)23(30)27-25(13-6-3-7-14-25)24(31)26-18-12-15-28(16-20(18)29)19-8-4-5-9-22(19)35(2,32)33/h4-5,8-11,18H,3,6-7,12-16H2,1-2H3,(H,26,31)(H,27,30). The molecule has 2 N–H and O–H groups in total. The number of Topliss-reactive ketones (excluding diaryl/α,β-unsaturated/α-hetero) is 1. The van der Waals surface area contributed by atoms with Crippen LogP contribution in [0, 0.1) is 6.92 Å². The van der Waals surface area contributed by atoms with Crippen molar-refractivity contribution in [3.05, 3.63) is 46.2 Å². The number of benzene rings is 1. The molecule has 4 rings (SSSR count). The van der Waals surface area contributed by atoms with E-state index >= 15 is 0 Å². The Bertz CT molecular complexity index is 1230. The number of hydrogen-bond acceptors (Lipinski definition) is 7. The van der Waals surface area contributed by atoms with E-state index < -0.39 is 21.4 Å². The molecule has 2 amide bonds. The molecule has 1 aromatic heterocycles. The summed E-state index contributed by atoms with van der Waals surface area (Å²) in [5, 5.41) is 5.91. The maximum Gasteiger partial charge on any atom is 0.262 e. The molecule has 1 aliphatic carbocycles. The average Bonchev–Trinajstić information content (AvgIpc) is 3.27. The van der Waals surface area contributed by atoms with Gasteiger partial charge in [0.05, 0.1) is 28.0 Å². The molecular weight excluding hydrogens is 486 g/mol. The smallest absolute Gasteiger partial charge is 0.262 e. The minimum absolute atomic E-state index is 0.00527. The molecule has 1 aliphatic heterocycles. The maximum atomic E-state index is 13.5. The lowest BCUT2D eigenvalue weighted by atomic mass is 9.80. The van der Waals surface area contributed by atoms with E-state index in [2.05, 4.69) is 10.6 Å². The molecule has 2 aliphatic rings. The Balaban J connectivity index is 1.46. The fourth-order valence-electron chi connectivity index (χ4n) is 4.91. The van der Waals surface area contributed by atoms with Crippen molar-refractivity contribution < 1.29 is 22.8 Å². The topological polar surface area (TPSA) is 113 Å². The van der Waals surface area contributed by atoms with Gasteiger partial charge in [-0.25, -0.2) is 8.42 Å². The van der Waals surface area contributed by atoms with Gasteiger partial charge in [0.1, 0.15) is 5.54 Å². The maximum absolute atomic E-state index is 13.5. The van der Waals surface area contributed by atoms with Crippen LogP contribution in [0.2, 0.25) is 0 Å². The van der Waals surface area contributed by atoms with E-state index in [0.717, 1.165) is 30.4 Å². The first kappa shape index (κ1) is 25.4. The first-order valence-electron chi connectivity index (χ1n) is 11.9. The number of nitrogens with zero attached hydrogens (tertiary/aromatic N) is 1. The summed E-state index contributed by atoms with van der Waals surface area (Å²) in [7, 11) is -3.45. The summed E-state index contributed by atoms with van der Waals surface area (Å²) >= 11 is 1.39. The molecular formula is C25H31N3O5S2. The van der Waals surface area contributed by atoms with E-state index in [1.54, 1.807) is 29.2 Å². The first-order chi connectivity index (χ1) is 16.6. The van der Waals surface area contributed by atoms with Crippen molar-refractivity contribution in [2.24, 2.45) is 0 Å². The van der Waals surface area contributed by atoms with Gasteiger partial charge in [0, 0.05) is 17.7 Å². The molecule has 8 nitrogen and oxygen atoms in total. The molecule has 1 atom stereocenters. The van der Waals surface area contributed by atoms with E-state index in [0.29, 0.717) is 36.4 Å². The van der Waals surface area contributed by atoms with Crippen LogP contribution in [-0.2, 0) is 19.4 Å². The Labute approximate surface area is 210 Å². The van der Waals surface area contributed by atoms with Gasteiger partial charge in [-0.2, -0.15) is 0 Å². The Morgan fingerprint density at radius 3 is 2.43 bits per heavy atom. The van der Waals surface area contributed by atoms with Crippen molar-refractivity contribution >= 4 is 44.5 Å². The number of aryl methyl sites for hydroxylation is 1. The predicted molar refractivity (Wildman–Crippen MR) is 136 cm³/mol. The Morgan fingerprint density at radius 1 is 1.09 bits per heavy atom. The third-order valence-corrected chi connectivity index (χ3v) is 8.94. The van der Waals surface area contributed by atoms with E-state index in [1.165, 1.54) is 17.4 Å². The van der Waals surface area contributed by atoms with Crippen LogP contribution < -0.4 is 15.5 Å². The molecule has 188 valence electrons. The van der Waals surface area contributed by atoms with Crippen molar-refractivity contribution in [1.29, 1.82) is 0 Å². The summed E-state index contributed by atoms with van der Waals surface area (Å²) in [5.74, 6) is -0.764. The lowest BCUT2D eigenvalue weighted by molar-refractivity contribution is -0.133. The van der Waals surface area contributed by atoms with Gasteiger partial charge in [-0.1, -0.05) is 31.4 Å². The minimum atomic E-state index is -3.45. The summed E-state index contributed by atoms with van der Waals surface area (Å²) in [5.41, 5.74) is -0.538. The number of sulfone groups is 1. The summed E-state index contributed by atoms with van der Waals surface area (Å²) in [6.07, 6.45) is 5.22. The molecule has 1 aromatic carbocycles. The number of rotatable bonds is 6. The van der Waals surface area contributed by atoms with Crippen LogP contribution in [0.3, 0.4) is 0 Å². The number of nitrogens with one attached hydrogen (secondary N) is 2. The Kier molecular flexibility index (Phi) is 7.32. The molecule has 2 fully saturated rings. The molecule has 1 saturated heterocycles. The number of amides is 2. The largest absolute Gasteiger partial charge is 0.363 e. The monoisotopic (exact) mass is 517 g/mol. The van der Waals surface area contributed by atoms with E-state index in [4.69, 9.17) is 0 Å². The van der Waals surface area contributed by atoms with Gasteiger partial charge in [-0.05, 0) is 50.5 Å². The van der Waals surface area contributed by atoms with Crippen molar-refractivity contribution in [3.63, 3.8) is 0 Å². The third kappa shape index (κ3) is 5.59. The average molecular weight is 518 g/mol. The number of carbonyl (C=O) groups is 3. The number of thiophene rings is 1. The van der Waals surface area contributed by atoms with Crippen molar-refractivity contribution in [1.82, 2.24) is 10.6 Å². The molecule has 0 spiro atoms. The number of anilines is 1. The summed E-state index contributed by atoms with van der Waals surface area (Å²) < 4.78 is 24.4. The first-order valence-corrected chi connectivity index (χ1v) is 14.6. The number of piperidine rings is 1. The highest BCUT2D eigenvalue weighted by Gasteiger charge is 2.43. The quantitative estimate of drug-likeness (QED) is 0.609. The van der Waals surface area contributed by atoms with Crippen LogP contribution in [0.25, 0.3) is 0 Å². The van der Waals surface area contributed by atoms with Gasteiger partial charge in [0.25, 0.3) is 5.91 Å². The van der Waals surface area contributed by atoms with E-state index in [-0.39, 0.29) is 29.0 Å². The predicted octanol–water partition coefficient (Wildman–Crippen LogP) is 2.86. The Morgan fingerprint density at radius 2 is 1.80 bits per heavy atom. The van der Waals surface area contributed by atoms with Gasteiger partial charge in [-0.15, -0.1) is 11.3 Å². The summed E-state index contributed by atoms with van der Waals surface area (Å²) in [6.45, 7) is 2.36. The van der Waals surface area contributed by atoms with Crippen LogP contribution in [0.1, 0.15) is 53.1 Å². The Hall–Kier alpha value is -2.72. The zero-order valence-corrected chi connectivity index (χ0v) is 21.6. The number of carbonyl (C=O) groups excluding carboxylic acids is 3. The lowest BCUT2D eigenvalue weighted by Crippen LogP contribution is -2.63. The molecule has 35 heavy (non-hydrogen) atoms. The van der Waals surface area contributed by atoms with Crippen LogP contribution in [0.4, 0.5) is 5.69 Å². The molecule has 0 radical (unpaired) electrons. The zero-order valence-electron chi connectivity index (χ0n) is 20.0. The SMILES string of the molecule is Cc1ccc(C(=O)NC2(C(=O)NC3CCN(c4ccccc4S(C)(=O)=O)CC3=O)CCCCC2)s1. The van der Waals surface area contributed by atoms with Gasteiger partial charge in [0.15, 0.2) is 15.6 Å². The zero-order chi connectivity index (χ0) is 25.2. The molecule has 0 bridgehead atoms. The fraction of sp³-hybridized carbons (Fsp3) is 0.480. The van der Waals surface area contributed by atoms with Crippen LogP contribution in [0.5, 0.6) is 0 Å². The molecule has 10 heteroatoms. The summed E-state index contributed by atoms with van der Waals surface area (Å²) in [6, 6.07) is 9.59. The van der Waals surface area contributed by atoms with Crippen LogP contribution >= 0.6 is 11.3 Å². The minimum Gasteiger partial charge on any atom is -0.363 e. The number of hydrogen-bond donors (Lipinski definition) is 2. The lowest BCUT2D eigenvalue weighted by Gasteiger charge is -2.39.